The number of aryl methyl sites for hydroxylation is 2. The van der Waals surface area contributed by atoms with Gasteiger partial charge in [-0.05, 0) is 61.7 Å². The van der Waals surface area contributed by atoms with E-state index in [1.807, 2.05) is 24.4 Å². The Morgan fingerprint density at radius 2 is 2.32 bits per heavy atom. The van der Waals surface area contributed by atoms with Crippen LogP contribution in [0.25, 0.3) is 6.08 Å². The summed E-state index contributed by atoms with van der Waals surface area (Å²) in [5, 5.41) is 11.2. The first-order valence-electron chi connectivity index (χ1n) is 7.54. The van der Waals surface area contributed by atoms with E-state index in [4.69, 9.17) is 16.3 Å². The minimum Gasteiger partial charge on any atom is -0.489 e. The number of hydrogen-bond donors (Lipinski definition) is 2. The van der Waals surface area contributed by atoms with Crippen LogP contribution in [0.4, 0.5) is 0 Å². The van der Waals surface area contributed by atoms with Crippen LogP contribution in [-0.2, 0) is 6.42 Å². The van der Waals surface area contributed by atoms with E-state index in [-0.39, 0.29) is 0 Å². The molecule has 22 heavy (non-hydrogen) atoms. The lowest BCUT2D eigenvalue weighted by molar-refractivity contribution is 0.343. The highest BCUT2D eigenvalue weighted by molar-refractivity contribution is 6.30. The maximum atomic E-state index is 6.02. The van der Waals surface area contributed by atoms with E-state index < -0.39 is 0 Å². The van der Waals surface area contributed by atoms with Crippen LogP contribution in [0.5, 0.6) is 5.75 Å². The maximum Gasteiger partial charge on any atom is 0.127 e. The van der Waals surface area contributed by atoms with Gasteiger partial charge in [0.1, 0.15) is 12.4 Å². The van der Waals surface area contributed by atoms with Crippen LogP contribution in [0.15, 0.2) is 30.0 Å². The number of nitrogens with one attached hydrogen (secondary N) is 2. The quantitative estimate of drug-likeness (QED) is 0.803. The highest BCUT2D eigenvalue weighted by atomic mass is 35.5. The van der Waals surface area contributed by atoms with Crippen LogP contribution in [-0.4, -0.2) is 29.9 Å². The molecule has 0 amide bonds. The second-order valence-electron chi connectivity index (χ2n) is 5.57. The van der Waals surface area contributed by atoms with Crippen LogP contribution in [0.3, 0.4) is 0 Å². The molecule has 1 aliphatic heterocycles. The number of benzene rings is 1. The second-order valence-corrected chi connectivity index (χ2v) is 6.01. The summed E-state index contributed by atoms with van der Waals surface area (Å²) in [5.41, 5.74) is 4.77. The van der Waals surface area contributed by atoms with Gasteiger partial charge in [-0.2, -0.15) is 5.10 Å². The summed E-state index contributed by atoms with van der Waals surface area (Å²) >= 11 is 6.02. The van der Waals surface area contributed by atoms with Gasteiger partial charge in [0.05, 0.1) is 6.20 Å². The van der Waals surface area contributed by atoms with Crippen LogP contribution >= 0.6 is 11.6 Å². The molecule has 116 valence electrons. The first kappa shape index (κ1) is 15.1. The van der Waals surface area contributed by atoms with Crippen LogP contribution < -0.4 is 10.1 Å². The lowest BCUT2D eigenvalue weighted by Crippen LogP contribution is -2.23. The van der Waals surface area contributed by atoms with Gasteiger partial charge in [-0.25, -0.2) is 0 Å². The number of aromatic amines is 1. The Hall–Kier alpha value is -1.78. The summed E-state index contributed by atoms with van der Waals surface area (Å²) in [4.78, 5) is 0. The minimum absolute atomic E-state index is 0.641. The first-order chi connectivity index (χ1) is 10.7. The summed E-state index contributed by atoms with van der Waals surface area (Å²) in [6.07, 6.45) is 6.21. The van der Waals surface area contributed by atoms with Crippen molar-refractivity contribution >= 4 is 17.7 Å². The van der Waals surface area contributed by atoms with Crippen molar-refractivity contribution in [3.63, 3.8) is 0 Å². The van der Waals surface area contributed by atoms with Crippen molar-refractivity contribution < 1.29 is 4.74 Å². The molecule has 2 aromatic rings. The summed E-state index contributed by atoms with van der Waals surface area (Å²) in [7, 11) is 0. The molecule has 1 aromatic carbocycles. The summed E-state index contributed by atoms with van der Waals surface area (Å²) < 4.78 is 5.74. The largest absolute Gasteiger partial charge is 0.489 e. The molecule has 0 atom stereocenters. The number of nitrogens with zero attached hydrogens (tertiary/aromatic N) is 1. The Morgan fingerprint density at radius 1 is 1.41 bits per heavy atom. The lowest BCUT2D eigenvalue weighted by atomic mass is 10.1. The van der Waals surface area contributed by atoms with Gasteiger partial charge in [-0.15, -0.1) is 0 Å². The van der Waals surface area contributed by atoms with Crippen molar-refractivity contribution in [2.75, 3.05) is 19.7 Å². The molecule has 1 aliphatic rings. The van der Waals surface area contributed by atoms with E-state index in [2.05, 4.69) is 28.5 Å². The Balaban J connectivity index is 1.45. The third-order valence-electron chi connectivity index (χ3n) is 3.83. The molecule has 5 heteroatoms. The molecule has 0 unspecified atom stereocenters. The Bertz CT molecular complexity index is 678. The zero-order chi connectivity index (χ0) is 15.4. The summed E-state index contributed by atoms with van der Waals surface area (Å²) in [6.45, 7) is 4.52. The van der Waals surface area contributed by atoms with E-state index in [0.29, 0.717) is 6.61 Å². The molecule has 2 N–H and O–H groups in total. The Morgan fingerprint density at radius 3 is 3.14 bits per heavy atom. The number of aromatic nitrogens is 2. The number of rotatable bonds is 6. The van der Waals surface area contributed by atoms with Gasteiger partial charge >= 0.3 is 0 Å². The average Bonchev–Trinajstić information content (AvgIpc) is 2.92. The molecule has 0 spiro atoms. The van der Waals surface area contributed by atoms with Gasteiger partial charge in [0.15, 0.2) is 0 Å². The van der Waals surface area contributed by atoms with Crippen molar-refractivity contribution in [2.45, 2.75) is 19.8 Å². The predicted molar refractivity (Wildman–Crippen MR) is 89.4 cm³/mol. The third-order valence-corrected chi connectivity index (χ3v) is 4.07. The van der Waals surface area contributed by atoms with Crippen LogP contribution in [0.1, 0.15) is 23.2 Å². The van der Waals surface area contributed by atoms with E-state index in [9.17, 15) is 0 Å². The van der Waals surface area contributed by atoms with E-state index in [1.165, 1.54) is 11.1 Å². The molecule has 0 saturated carbocycles. The SMILES string of the molecule is Cc1[nH]ncc1CCCNCC1=Cc2cc(Cl)ccc2OC1. The number of fused-ring (bicyclic) bond motifs is 1. The van der Waals surface area contributed by atoms with E-state index in [0.717, 1.165) is 48.0 Å². The van der Waals surface area contributed by atoms with Crippen molar-refractivity contribution in [1.82, 2.24) is 15.5 Å². The molecule has 4 nitrogen and oxygen atoms in total. The molecule has 0 radical (unpaired) electrons. The van der Waals surface area contributed by atoms with Crippen LogP contribution in [0.2, 0.25) is 5.02 Å². The number of halogens is 1. The van der Waals surface area contributed by atoms with Gasteiger partial charge < -0.3 is 10.1 Å². The fraction of sp³-hybridized carbons (Fsp3) is 0.353. The van der Waals surface area contributed by atoms with Gasteiger partial charge in [-0.3, -0.25) is 5.10 Å². The topological polar surface area (TPSA) is 49.9 Å². The molecule has 0 aliphatic carbocycles. The van der Waals surface area contributed by atoms with E-state index >= 15 is 0 Å². The third kappa shape index (κ3) is 3.70. The van der Waals surface area contributed by atoms with Gasteiger partial charge in [0.2, 0.25) is 0 Å². The molecule has 0 bridgehead atoms. The zero-order valence-electron chi connectivity index (χ0n) is 12.7. The van der Waals surface area contributed by atoms with Gasteiger partial charge in [0, 0.05) is 22.8 Å². The molecule has 0 saturated heterocycles. The average molecular weight is 318 g/mol. The molecule has 2 heterocycles. The molecule has 1 aromatic heterocycles. The van der Waals surface area contributed by atoms with Crippen molar-refractivity contribution in [3.05, 3.63) is 51.8 Å². The van der Waals surface area contributed by atoms with Crippen molar-refractivity contribution in [3.8, 4) is 5.75 Å². The Kier molecular flexibility index (Phi) is 4.80. The molecule has 0 fully saturated rings. The van der Waals surface area contributed by atoms with Gasteiger partial charge in [-0.1, -0.05) is 11.6 Å². The number of H-pyrrole nitrogens is 1. The van der Waals surface area contributed by atoms with Crippen LogP contribution in [0, 0.1) is 6.92 Å². The molecular weight excluding hydrogens is 298 g/mol. The van der Waals surface area contributed by atoms with Crippen molar-refractivity contribution in [2.24, 2.45) is 0 Å². The fourth-order valence-electron chi connectivity index (χ4n) is 2.58. The molecular formula is C17H20ClN3O. The smallest absolute Gasteiger partial charge is 0.127 e. The van der Waals surface area contributed by atoms with Gasteiger partial charge in [0.25, 0.3) is 0 Å². The van der Waals surface area contributed by atoms with E-state index in [1.54, 1.807) is 0 Å². The first-order valence-corrected chi connectivity index (χ1v) is 7.91. The monoisotopic (exact) mass is 317 g/mol. The lowest BCUT2D eigenvalue weighted by Gasteiger charge is -2.18. The summed E-state index contributed by atoms with van der Waals surface area (Å²) in [5.74, 6) is 0.906. The van der Waals surface area contributed by atoms with Crippen molar-refractivity contribution in [1.29, 1.82) is 0 Å². The zero-order valence-corrected chi connectivity index (χ0v) is 13.4. The highest BCUT2D eigenvalue weighted by Gasteiger charge is 2.11. The predicted octanol–water partition coefficient (Wildman–Crippen LogP) is 3.37. The normalized spacial score (nSPS) is 13.5. The fourth-order valence-corrected chi connectivity index (χ4v) is 2.76. The maximum absolute atomic E-state index is 6.02. The second kappa shape index (κ2) is 6.99. The molecule has 3 rings (SSSR count). The highest BCUT2D eigenvalue weighted by Crippen LogP contribution is 2.28. The standard InChI is InChI=1S/C17H20ClN3O/c1-12-14(10-20-21-12)3-2-6-19-9-13-7-15-8-16(18)4-5-17(15)22-11-13/h4-5,7-8,10,19H,2-3,6,9,11H2,1H3,(H,20,21). The summed E-state index contributed by atoms with van der Waals surface area (Å²) in [6, 6.07) is 5.72. The number of ether oxygens (including phenoxy) is 1. The Labute approximate surface area is 135 Å². The minimum atomic E-state index is 0.641. The number of hydrogen-bond acceptors (Lipinski definition) is 3.